The fraction of sp³-hybridized carbons (Fsp3) is 0.667. The van der Waals surface area contributed by atoms with Gasteiger partial charge in [0.1, 0.15) is 0 Å². The lowest BCUT2D eigenvalue weighted by molar-refractivity contribution is -0.0612. The normalized spacial score (nSPS) is 18.8. The SMILES string of the molecule is CCCNC(Cc1cccc(Br)c1)C1(OCC)CCCC1. The molecule has 0 spiro atoms. The molecule has 2 rings (SSSR count). The summed E-state index contributed by atoms with van der Waals surface area (Å²) in [7, 11) is 0. The lowest BCUT2D eigenvalue weighted by Crippen LogP contribution is -2.52. The van der Waals surface area contributed by atoms with Gasteiger partial charge in [-0.15, -0.1) is 0 Å². The van der Waals surface area contributed by atoms with Crippen molar-refractivity contribution in [2.75, 3.05) is 13.2 Å². The average Bonchev–Trinajstić information content (AvgIpc) is 2.93. The second-order valence-electron chi connectivity index (χ2n) is 6.05. The van der Waals surface area contributed by atoms with Gasteiger partial charge in [0.05, 0.1) is 5.60 Å². The summed E-state index contributed by atoms with van der Waals surface area (Å²) in [6, 6.07) is 9.08. The van der Waals surface area contributed by atoms with Gasteiger partial charge in [-0.2, -0.15) is 0 Å². The van der Waals surface area contributed by atoms with Crippen LogP contribution in [0.3, 0.4) is 0 Å². The molecule has 1 aromatic rings. The Labute approximate surface area is 137 Å². The van der Waals surface area contributed by atoms with Crippen molar-refractivity contribution in [1.29, 1.82) is 0 Å². The van der Waals surface area contributed by atoms with E-state index in [1.807, 2.05) is 0 Å². The second-order valence-corrected chi connectivity index (χ2v) is 6.96. The molecule has 0 bridgehead atoms. The summed E-state index contributed by atoms with van der Waals surface area (Å²) < 4.78 is 7.44. The van der Waals surface area contributed by atoms with E-state index in [1.165, 1.54) is 31.2 Å². The lowest BCUT2D eigenvalue weighted by Gasteiger charge is -2.38. The molecule has 0 radical (unpaired) electrons. The van der Waals surface area contributed by atoms with Crippen molar-refractivity contribution in [2.24, 2.45) is 0 Å². The van der Waals surface area contributed by atoms with E-state index in [0.717, 1.165) is 30.5 Å². The van der Waals surface area contributed by atoms with Crippen LogP contribution in [0, 0.1) is 0 Å². The molecular formula is C18H28BrNO. The van der Waals surface area contributed by atoms with E-state index in [9.17, 15) is 0 Å². The van der Waals surface area contributed by atoms with E-state index in [2.05, 4.69) is 59.4 Å². The first-order valence-electron chi connectivity index (χ1n) is 8.32. The summed E-state index contributed by atoms with van der Waals surface area (Å²) >= 11 is 3.58. The van der Waals surface area contributed by atoms with Crippen LogP contribution in [0.1, 0.15) is 51.5 Å². The average molecular weight is 354 g/mol. The molecule has 0 heterocycles. The highest BCUT2D eigenvalue weighted by Crippen LogP contribution is 2.37. The summed E-state index contributed by atoms with van der Waals surface area (Å²) in [5, 5.41) is 3.76. The second kappa shape index (κ2) is 8.30. The Hall–Kier alpha value is -0.380. The highest BCUT2D eigenvalue weighted by Gasteiger charge is 2.41. The summed E-state index contributed by atoms with van der Waals surface area (Å²) in [6.07, 6.45) is 7.18. The number of rotatable bonds is 8. The Kier molecular flexibility index (Phi) is 6.72. The molecule has 1 aliphatic carbocycles. The van der Waals surface area contributed by atoms with Gasteiger partial charge >= 0.3 is 0 Å². The molecule has 0 saturated heterocycles. The maximum atomic E-state index is 6.28. The van der Waals surface area contributed by atoms with Crippen LogP contribution in [0.25, 0.3) is 0 Å². The van der Waals surface area contributed by atoms with Crippen molar-refractivity contribution < 1.29 is 4.74 Å². The lowest BCUT2D eigenvalue weighted by atomic mass is 9.87. The van der Waals surface area contributed by atoms with Crippen LogP contribution in [-0.2, 0) is 11.2 Å². The van der Waals surface area contributed by atoms with Crippen molar-refractivity contribution >= 4 is 15.9 Å². The fourth-order valence-electron chi connectivity index (χ4n) is 3.52. The molecule has 0 aromatic heterocycles. The molecule has 1 aromatic carbocycles. The first kappa shape index (κ1) is 17.0. The maximum absolute atomic E-state index is 6.28. The predicted molar refractivity (Wildman–Crippen MR) is 92.8 cm³/mol. The van der Waals surface area contributed by atoms with Crippen molar-refractivity contribution in [3.63, 3.8) is 0 Å². The Morgan fingerprint density at radius 3 is 2.67 bits per heavy atom. The molecule has 1 atom stereocenters. The minimum atomic E-state index is 0.0340. The molecule has 1 unspecified atom stereocenters. The fourth-order valence-corrected chi connectivity index (χ4v) is 3.96. The van der Waals surface area contributed by atoms with E-state index in [1.54, 1.807) is 0 Å². The first-order valence-corrected chi connectivity index (χ1v) is 9.11. The third kappa shape index (κ3) is 4.54. The van der Waals surface area contributed by atoms with E-state index >= 15 is 0 Å². The Bertz CT molecular complexity index is 429. The van der Waals surface area contributed by atoms with E-state index in [-0.39, 0.29) is 5.60 Å². The highest BCUT2D eigenvalue weighted by atomic mass is 79.9. The van der Waals surface area contributed by atoms with Crippen LogP contribution in [0.2, 0.25) is 0 Å². The van der Waals surface area contributed by atoms with Gasteiger partial charge in [0.2, 0.25) is 0 Å². The topological polar surface area (TPSA) is 21.3 Å². The number of hydrogen-bond donors (Lipinski definition) is 1. The standard InChI is InChI=1S/C18H28BrNO/c1-3-12-20-17(14-15-8-7-9-16(19)13-15)18(21-4-2)10-5-6-11-18/h7-9,13,17,20H,3-6,10-12,14H2,1-2H3. The Morgan fingerprint density at radius 1 is 1.29 bits per heavy atom. The van der Waals surface area contributed by atoms with Crippen molar-refractivity contribution in [1.82, 2.24) is 5.32 Å². The van der Waals surface area contributed by atoms with Gasteiger partial charge in [0, 0.05) is 17.1 Å². The number of hydrogen-bond acceptors (Lipinski definition) is 2. The highest BCUT2D eigenvalue weighted by molar-refractivity contribution is 9.10. The third-order valence-electron chi connectivity index (χ3n) is 4.49. The van der Waals surface area contributed by atoms with Crippen LogP contribution in [0.5, 0.6) is 0 Å². The monoisotopic (exact) mass is 353 g/mol. The summed E-state index contributed by atoms with van der Waals surface area (Å²) in [6.45, 7) is 6.22. The smallest absolute Gasteiger partial charge is 0.0837 e. The summed E-state index contributed by atoms with van der Waals surface area (Å²) in [4.78, 5) is 0. The molecule has 3 heteroatoms. The zero-order valence-electron chi connectivity index (χ0n) is 13.3. The number of benzene rings is 1. The predicted octanol–water partition coefficient (Wildman–Crippen LogP) is 4.71. The molecule has 1 N–H and O–H groups in total. The Balaban J connectivity index is 2.16. The van der Waals surface area contributed by atoms with Gasteiger partial charge in [0.15, 0.2) is 0 Å². The quantitative estimate of drug-likeness (QED) is 0.730. The zero-order valence-corrected chi connectivity index (χ0v) is 14.9. The maximum Gasteiger partial charge on any atom is 0.0837 e. The van der Waals surface area contributed by atoms with E-state index in [0.29, 0.717) is 6.04 Å². The number of ether oxygens (including phenoxy) is 1. The van der Waals surface area contributed by atoms with Crippen LogP contribution in [0.15, 0.2) is 28.7 Å². The molecule has 0 aliphatic heterocycles. The number of nitrogens with one attached hydrogen (secondary N) is 1. The van der Waals surface area contributed by atoms with Gasteiger partial charge in [-0.1, -0.05) is 47.8 Å². The summed E-state index contributed by atoms with van der Waals surface area (Å²) in [5.74, 6) is 0. The molecule has 1 aliphatic rings. The van der Waals surface area contributed by atoms with Crippen molar-refractivity contribution in [3.8, 4) is 0 Å². The zero-order chi connectivity index (χ0) is 15.1. The number of halogens is 1. The van der Waals surface area contributed by atoms with E-state index in [4.69, 9.17) is 4.74 Å². The van der Waals surface area contributed by atoms with Gasteiger partial charge in [0.25, 0.3) is 0 Å². The molecule has 2 nitrogen and oxygen atoms in total. The van der Waals surface area contributed by atoms with Gasteiger partial charge in [-0.25, -0.2) is 0 Å². The largest absolute Gasteiger partial charge is 0.374 e. The summed E-state index contributed by atoms with van der Waals surface area (Å²) in [5.41, 5.74) is 1.41. The van der Waals surface area contributed by atoms with Crippen molar-refractivity contribution in [2.45, 2.75) is 64.0 Å². The van der Waals surface area contributed by atoms with Gasteiger partial charge < -0.3 is 10.1 Å². The van der Waals surface area contributed by atoms with Gasteiger partial charge in [-0.3, -0.25) is 0 Å². The van der Waals surface area contributed by atoms with Crippen LogP contribution >= 0.6 is 15.9 Å². The van der Waals surface area contributed by atoms with Gasteiger partial charge in [-0.05, 0) is 56.8 Å². The molecule has 1 fully saturated rings. The molecule has 118 valence electrons. The molecule has 0 amide bonds. The molecular weight excluding hydrogens is 326 g/mol. The van der Waals surface area contributed by atoms with Crippen molar-refractivity contribution in [3.05, 3.63) is 34.3 Å². The molecule has 21 heavy (non-hydrogen) atoms. The van der Waals surface area contributed by atoms with E-state index < -0.39 is 0 Å². The van der Waals surface area contributed by atoms with Crippen LogP contribution in [0.4, 0.5) is 0 Å². The minimum Gasteiger partial charge on any atom is -0.374 e. The third-order valence-corrected chi connectivity index (χ3v) is 4.98. The minimum absolute atomic E-state index is 0.0340. The molecule has 1 saturated carbocycles. The Morgan fingerprint density at radius 2 is 2.05 bits per heavy atom. The first-order chi connectivity index (χ1) is 10.2. The van der Waals surface area contributed by atoms with Crippen LogP contribution < -0.4 is 5.32 Å². The van der Waals surface area contributed by atoms with Crippen LogP contribution in [-0.4, -0.2) is 24.8 Å².